The predicted molar refractivity (Wildman–Crippen MR) is 96.1 cm³/mol. The van der Waals surface area contributed by atoms with Crippen molar-refractivity contribution in [1.29, 1.82) is 0 Å². The number of methoxy groups -OCH3 is 1. The van der Waals surface area contributed by atoms with Crippen molar-refractivity contribution in [1.82, 2.24) is 9.62 Å². The van der Waals surface area contributed by atoms with E-state index in [0.29, 0.717) is 36.0 Å². The van der Waals surface area contributed by atoms with E-state index in [0.717, 1.165) is 16.1 Å². The van der Waals surface area contributed by atoms with Crippen LogP contribution in [0.3, 0.4) is 0 Å². The summed E-state index contributed by atoms with van der Waals surface area (Å²) in [5, 5.41) is 3.65. The maximum atomic E-state index is 11.9. The molecule has 1 rings (SSSR count). The first kappa shape index (κ1) is 21.2. The average molecular weight is 397 g/mol. The van der Waals surface area contributed by atoms with Crippen molar-refractivity contribution < 1.29 is 17.9 Å². The van der Waals surface area contributed by atoms with Crippen LogP contribution in [-0.2, 0) is 26.0 Å². The van der Waals surface area contributed by atoms with Crippen LogP contribution >= 0.6 is 23.2 Å². The zero-order valence-electron chi connectivity index (χ0n) is 13.7. The van der Waals surface area contributed by atoms with Crippen molar-refractivity contribution in [3.8, 4) is 0 Å². The first-order valence-corrected chi connectivity index (χ1v) is 9.99. The number of halogens is 2. The number of benzene rings is 1. The van der Waals surface area contributed by atoms with Gasteiger partial charge in [0.2, 0.25) is 15.9 Å². The van der Waals surface area contributed by atoms with Crippen molar-refractivity contribution in [2.45, 2.75) is 12.8 Å². The van der Waals surface area contributed by atoms with Crippen LogP contribution in [0.5, 0.6) is 0 Å². The summed E-state index contributed by atoms with van der Waals surface area (Å²) in [6.07, 6.45) is 2.14. The number of carbonyl (C=O) groups is 1. The monoisotopic (exact) mass is 396 g/mol. The molecule has 1 aromatic carbocycles. The van der Waals surface area contributed by atoms with Gasteiger partial charge in [0.25, 0.3) is 0 Å². The summed E-state index contributed by atoms with van der Waals surface area (Å²) in [7, 11) is -1.93. The molecule has 0 radical (unpaired) electrons. The molecule has 0 aliphatic heterocycles. The van der Waals surface area contributed by atoms with E-state index in [1.807, 2.05) is 0 Å². The summed E-state index contributed by atoms with van der Waals surface area (Å²) in [6.45, 7) is 0.904. The molecule has 0 atom stereocenters. The highest BCUT2D eigenvalue weighted by molar-refractivity contribution is 7.88. The van der Waals surface area contributed by atoms with Crippen LogP contribution in [0, 0.1) is 0 Å². The van der Waals surface area contributed by atoms with Gasteiger partial charge in [-0.2, -0.15) is 4.31 Å². The van der Waals surface area contributed by atoms with Crippen LogP contribution in [0.25, 0.3) is 0 Å². The molecule has 24 heavy (non-hydrogen) atoms. The van der Waals surface area contributed by atoms with Crippen LogP contribution in [-0.4, -0.2) is 58.2 Å². The largest absolute Gasteiger partial charge is 0.385 e. The Morgan fingerprint density at radius 2 is 2.04 bits per heavy atom. The molecule has 0 aliphatic carbocycles. The summed E-state index contributed by atoms with van der Waals surface area (Å²) in [6, 6.07) is 5.04. The molecule has 9 heteroatoms. The molecule has 1 amide bonds. The summed E-state index contributed by atoms with van der Waals surface area (Å²) in [5.74, 6) is -0.348. The molecule has 1 aromatic rings. The van der Waals surface area contributed by atoms with Gasteiger partial charge in [-0.05, 0) is 30.5 Å². The molecule has 6 nitrogen and oxygen atoms in total. The van der Waals surface area contributed by atoms with Gasteiger partial charge in [0.1, 0.15) is 0 Å². The standard InChI is InChI=1S/C15H22Cl2N2O4S/c1-23-9-3-7-18-15(20)11-19(24(2,21)22)8-6-12-4-5-13(16)10-14(12)17/h4-5,10H,3,6-9,11H2,1-2H3,(H,18,20). The van der Waals surface area contributed by atoms with Gasteiger partial charge in [-0.15, -0.1) is 0 Å². The Labute approximate surface area is 153 Å². The molecular weight excluding hydrogens is 375 g/mol. The number of hydrogen-bond donors (Lipinski definition) is 1. The van der Waals surface area contributed by atoms with Gasteiger partial charge in [0.15, 0.2) is 0 Å². The quantitative estimate of drug-likeness (QED) is 0.613. The Balaban J connectivity index is 2.61. The van der Waals surface area contributed by atoms with Gasteiger partial charge in [-0.1, -0.05) is 29.3 Å². The zero-order chi connectivity index (χ0) is 18.2. The lowest BCUT2D eigenvalue weighted by Gasteiger charge is -2.20. The van der Waals surface area contributed by atoms with E-state index in [1.165, 1.54) is 0 Å². The number of nitrogens with one attached hydrogen (secondary N) is 1. The Kier molecular flexibility index (Phi) is 9.01. The maximum absolute atomic E-state index is 11.9. The van der Waals surface area contributed by atoms with E-state index in [9.17, 15) is 13.2 Å². The summed E-state index contributed by atoms with van der Waals surface area (Å²) < 4.78 is 29.8. The zero-order valence-corrected chi connectivity index (χ0v) is 16.0. The van der Waals surface area contributed by atoms with Gasteiger partial charge < -0.3 is 10.1 Å². The molecule has 0 aromatic heterocycles. The number of ether oxygens (including phenoxy) is 1. The Morgan fingerprint density at radius 3 is 2.62 bits per heavy atom. The first-order chi connectivity index (χ1) is 11.2. The van der Waals surface area contributed by atoms with Gasteiger partial charge >= 0.3 is 0 Å². The topological polar surface area (TPSA) is 75.7 Å². The smallest absolute Gasteiger partial charge is 0.235 e. The lowest BCUT2D eigenvalue weighted by Crippen LogP contribution is -2.41. The van der Waals surface area contributed by atoms with Crippen LogP contribution in [0.15, 0.2) is 18.2 Å². The highest BCUT2D eigenvalue weighted by Crippen LogP contribution is 2.21. The summed E-state index contributed by atoms with van der Waals surface area (Å²) in [5.41, 5.74) is 0.773. The second-order valence-electron chi connectivity index (χ2n) is 5.28. The van der Waals surface area contributed by atoms with E-state index in [2.05, 4.69) is 5.32 Å². The number of amides is 1. The van der Waals surface area contributed by atoms with Crippen LogP contribution in [0.1, 0.15) is 12.0 Å². The van der Waals surface area contributed by atoms with Crippen molar-refractivity contribution in [2.24, 2.45) is 0 Å². The summed E-state index contributed by atoms with van der Waals surface area (Å²) in [4.78, 5) is 11.9. The number of hydrogen-bond acceptors (Lipinski definition) is 4. The molecule has 0 fully saturated rings. The molecule has 0 saturated carbocycles. The predicted octanol–water partition coefficient (Wildman–Crippen LogP) is 1.95. The normalized spacial score (nSPS) is 11.7. The van der Waals surface area contributed by atoms with Gasteiger partial charge in [-0.3, -0.25) is 4.79 Å². The molecule has 0 aliphatic rings. The Morgan fingerprint density at radius 1 is 1.33 bits per heavy atom. The van der Waals surface area contributed by atoms with Gasteiger partial charge in [-0.25, -0.2) is 8.42 Å². The van der Waals surface area contributed by atoms with Crippen LogP contribution < -0.4 is 5.32 Å². The van der Waals surface area contributed by atoms with Crippen LogP contribution in [0.2, 0.25) is 10.0 Å². The number of rotatable bonds is 10. The minimum absolute atomic E-state index is 0.158. The third-order valence-corrected chi connectivity index (χ3v) is 5.12. The maximum Gasteiger partial charge on any atom is 0.235 e. The molecule has 0 saturated heterocycles. The molecule has 1 N–H and O–H groups in total. The number of nitrogens with zero attached hydrogens (tertiary/aromatic N) is 1. The van der Waals surface area contributed by atoms with E-state index in [-0.39, 0.29) is 19.0 Å². The van der Waals surface area contributed by atoms with Crippen molar-refractivity contribution in [2.75, 3.05) is 39.6 Å². The molecular formula is C15H22Cl2N2O4S. The molecule has 0 bridgehead atoms. The van der Waals surface area contributed by atoms with E-state index >= 15 is 0 Å². The number of sulfonamides is 1. The van der Waals surface area contributed by atoms with E-state index in [1.54, 1.807) is 25.3 Å². The summed E-state index contributed by atoms with van der Waals surface area (Å²) >= 11 is 11.9. The van der Waals surface area contributed by atoms with Crippen molar-refractivity contribution in [3.05, 3.63) is 33.8 Å². The highest BCUT2D eigenvalue weighted by atomic mass is 35.5. The minimum atomic E-state index is -3.51. The second kappa shape index (κ2) is 10.2. The van der Waals surface area contributed by atoms with Gasteiger partial charge in [0.05, 0.1) is 12.8 Å². The number of carbonyl (C=O) groups excluding carboxylic acids is 1. The molecule has 0 spiro atoms. The average Bonchev–Trinajstić information content (AvgIpc) is 2.48. The Hall–Kier alpha value is -0.860. The fourth-order valence-electron chi connectivity index (χ4n) is 1.99. The first-order valence-electron chi connectivity index (χ1n) is 7.38. The minimum Gasteiger partial charge on any atom is -0.385 e. The fourth-order valence-corrected chi connectivity index (χ4v) is 3.27. The Bertz CT molecular complexity index is 653. The van der Waals surface area contributed by atoms with Crippen LogP contribution in [0.4, 0.5) is 0 Å². The highest BCUT2D eigenvalue weighted by Gasteiger charge is 2.20. The van der Waals surface area contributed by atoms with E-state index < -0.39 is 10.0 Å². The third kappa shape index (κ3) is 7.81. The fraction of sp³-hybridized carbons (Fsp3) is 0.533. The molecule has 0 heterocycles. The lowest BCUT2D eigenvalue weighted by molar-refractivity contribution is -0.121. The lowest BCUT2D eigenvalue weighted by atomic mass is 10.1. The molecule has 0 unspecified atom stereocenters. The SMILES string of the molecule is COCCCNC(=O)CN(CCc1ccc(Cl)cc1Cl)S(C)(=O)=O. The van der Waals surface area contributed by atoms with Crippen molar-refractivity contribution in [3.63, 3.8) is 0 Å². The van der Waals surface area contributed by atoms with E-state index in [4.69, 9.17) is 27.9 Å². The van der Waals surface area contributed by atoms with Gasteiger partial charge in [0, 0.05) is 36.9 Å². The second-order valence-corrected chi connectivity index (χ2v) is 8.10. The molecule has 136 valence electrons. The van der Waals surface area contributed by atoms with Crippen molar-refractivity contribution >= 4 is 39.1 Å². The third-order valence-electron chi connectivity index (χ3n) is 3.28.